The molecule has 4 rings (SSSR count). The molecule has 0 bridgehead atoms. The van der Waals surface area contributed by atoms with Gasteiger partial charge in [-0.1, -0.05) is 32.0 Å². The number of benzene rings is 1. The number of nitrogens with zero attached hydrogens (tertiary/aromatic N) is 2. The summed E-state index contributed by atoms with van der Waals surface area (Å²) < 4.78 is 5.54. The van der Waals surface area contributed by atoms with E-state index in [0.29, 0.717) is 5.92 Å². The fraction of sp³-hybridized carbons (Fsp3) is 0.600. The highest BCUT2D eigenvalue weighted by Gasteiger charge is 2.38. The van der Waals surface area contributed by atoms with Crippen LogP contribution in [0.1, 0.15) is 63.3 Å². The molecule has 6 heteroatoms. The van der Waals surface area contributed by atoms with Crippen LogP contribution < -0.4 is 0 Å². The van der Waals surface area contributed by atoms with E-state index in [9.17, 15) is 9.59 Å². The SMILES string of the molecule is CC(C)CC1c2[nH]c3ccccc3c2CCN1C(=O)C1CCC(OC(=O)N(C)C)CC1. The van der Waals surface area contributed by atoms with Crippen LogP contribution in [0.3, 0.4) is 0 Å². The number of fused-ring (bicyclic) bond motifs is 3. The molecule has 2 heterocycles. The number of aromatic amines is 1. The van der Waals surface area contributed by atoms with Crippen LogP contribution in [0.4, 0.5) is 4.79 Å². The van der Waals surface area contributed by atoms with Crippen molar-refractivity contribution in [2.45, 2.75) is 64.5 Å². The number of amides is 2. The Balaban J connectivity index is 1.49. The van der Waals surface area contributed by atoms with Gasteiger partial charge in [0.2, 0.25) is 5.91 Å². The van der Waals surface area contributed by atoms with Crippen LogP contribution in [-0.2, 0) is 16.0 Å². The maximum Gasteiger partial charge on any atom is 0.409 e. The molecule has 1 aromatic heterocycles. The minimum Gasteiger partial charge on any atom is -0.446 e. The van der Waals surface area contributed by atoms with Crippen LogP contribution in [0.15, 0.2) is 24.3 Å². The highest BCUT2D eigenvalue weighted by atomic mass is 16.6. The first-order valence-electron chi connectivity index (χ1n) is 11.6. The predicted octanol–water partition coefficient (Wildman–Crippen LogP) is 4.90. The van der Waals surface area contributed by atoms with Gasteiger partial charge < -0.3 is 19.5 Å². The van der Waals surface area contributed by atoms with E-state index in [1.807, 2.05) is 0 Å². The molecule has 6 nitrogen and oxygen atoms in total. The van der Waals surface area contributed by atoms with E-state index in [1.165, 1.54) is 27.1 Å². The average Bonchev–Trinajstić information content (AvgIpc) is 3.13. The number of hydrogen-bond donors (Lipinski definition) is 1. The highest BCUT2D eigenvalue weighted by Crippen LogP contribution is 2.40. The highest BCUT2D eigenvalue weighted by molar-refractivity contribution is 5.86. The van der Waals surface area contributed by atoms with Gasteiger partial charge in [0.15, 0.2) is 0 Å². The van der Waals surface area contributed by atoms with Crippen LogP contribution in [0.25, 0.3) is 10.9 Å². The monoisotopic (exact) mass is 425 g/mol. The van der Waals surface area contributed by atoms with Crippen molar-refractivity contribution >= 4 is 22.9 Å². The van der Waals surface area contributed by atoms with E-state index in [4.69, 9.17) is 4.74 Å². The molecule has 1 N–H and O–H groups in total. The Morgan fingerprint density at radius 2 is 1.87 bits per heavy atom. The molecule has 0 spiro atoms. The van der Waals surface area contributed by atoms with Crippen molar-refractivity contribution in [2.75, 3.05) is 20.6 Å². The third-order valence-electron chi connectivity index (χ3n) is 6.79. The van der Waals surface area contributed by atoms with E-state index in [0.717, 1.165) is 45.1 Å². The molecule has 1 saturated carbocycles. The van der Waals surface area contributed by atoms with Crippen molar-refractivity contribution in [3.8, 4) is 0 Å². The van der Waals surface area contributed by atoms with Crippen molar-refractivity contribution in [2.24, 2.45) is 11.8 Å². The summed E-state index contributed by atoms with van der Waals surface area (Å²) in [6, 6.07) is 8.57. The second-order valence-electron chi connectivity index (χ2n) is 9.74. The molecular formula is C25H35N3O3. The molecule has 2 aliphatic rings. The van der Waals surface area contributed by atoms with Gasteiger partial charge in [0.1, 0.15) is 6.10 Å². The lowest BCUT2D eigenvalue weighted by Crippen LogP contribution is -2.45. The minimum atomic E-state index is -0.297. The van der Waals surface area contributed by atoms with Crippen molar-refractivity contribution in [1.82, 2.24) is 14.8 Å². The fourth-order valence-corrected chi connectivity index (χ4v) is 5.18. The Hall–Kier alpha value is -2.50. The van der Waals surface area contributed by atoms with Gasteiger partial charge >= 0.3 is 6.09 Å². The quantitative estimate of drug-likeness (QED) is 0.758. The zero-order chi connectivity index (χ0) is 22.1. The van der Waals surface area contributed by atoms with Gasteiger partial charge in [-0.2, -0.15) is 0 Å². The zero-order valence-corrected chi connectivity index (χ0v) is 19.2. The third-order valence-corrected chi connectivity index (χ3v) is 6.79. The summed E-state index contributed by atoms with van der Waals surface area (Å²) in [4.78, 5) is 32.7. The number of carbonyl (C=O) groups is 2. The number of carbonyl (C=O) groups excluding carboxylic acids is 2. The summed E-state index contributed by atoms with van der Waals surface area (Å²) in [7, 11) is 3.39. The van der Waals surface area contributed by atoms with E-state index in [2.05, 4.69) is 48.0 Å². The molecule has 1 atom stereocenters. The number of H-pyrrole nitrogens is 1. The van der Waals surface area contributed by atoms with Gasteiger partial charge in [0, 0.05) is 43.2 Å². The summed E-state index contributed by atoms with van der Waals surface area (Å²) in [5.74, 6) is 0.793. The molecule has 1 unspecified atom stereocenters. The maximum absolute atomic E-state index is 13.6. The molecule has 1 fully saturated rings. The number of nitrogens with one attached hydrogen (secondary N) is 1. The smallest absolute Gasteiger partial charge is 0.409 e. The summed E-state index contributed by atoms with van der Waals surface area (Å²) in [6.07, 6.45) is 4.58. The first kappa shape index (κ1) is 21.7. The van der Waals surface area contributed by atoms with Gasteiger partial charge in [-0.25, -0.2) is 4.79 Å². The fourth-order valence-electron chi connectivity index (χ4n) is 5.18. The topological polar surface area (TPSA) is 65.6 Å². The summed E-state index contributed by atoms with van der Waals surface area (Å²) in [5, 5.41) is 1.29. The molecule has 1 aliphatic carbocycles. The Labute approximate surface area is 184 Å². The van der Waals surface area contributed by atoms with Crippen LogP contribution in [-0.4, -0.2) is 53.5 Å². The molecule has 2 aromatic rings. The van der Waals surface area contributed by atoms with E-state index < -0.39 is 0 Å². The van der Waals surface area contributed by atoms with E-state index >= 15 is 0 Å². The normalized spacial score (nSPS) is 23.6. The van der Waals surface area contributed by atoms with Gasteiger partial charge in [-0.3, -0.25) is 4.79 Å². The minimum absolute atomic E-state index is 0.0231. The summed E-state index contributed by atoms with van der Waals surface area (Å²) >= 11 is 0. The van der Waals surface area contributed by atoms with Crippen molar-refractivity contribution in [1.29, 1.82) is 0 Å². The van der Waals surface area contributed by atoms with Crippen LogP contribution in [0.2, 0.25) is 0 Å². The van der Waals surface area contributed by atoms with Gasteiger partial charge in [-0.15, -0.1) is 0 Å². The lowest BCUT2D eigenvalue weighted by molar-refractivity contribution is -0.140. The summed E-state index contributed by atoms with van der Waals surface area (Å²) in [6.45, 7) is 5.23. The molecule has 1 aromatic carbocycles. The molecule has 31 heavy (non-hydrogen) atoms. The number of ether oxygens (including phenoxy) is 1. The van der Waals surface area contributed by atoms with Crippen LogP contribution in [0.5, 0.6) is 0 Å². The Kier molecular flexibility index (Phi) is 6.26. The van der Waals surface area contributed by atoms with Gasteiger partial charge in [-0.05, 0) is 56.1 Å². The summed E-state index contributed by atoms with van der Waals surface area (Å²) in [5.41, 5.74) is 3.77. The first-order valence-corrected chi connectivity index (χ1v) is 11.6. The van der Waals surface area contributed by atoms with Crippen molar-refractivity contribution in [3.63, 3.8) is 0 Å². The number of hydrogen-bond acceptors (Lipinski definition) is 3. The second-order valence-corrected chi connectivity index (χ2v) is 9.74. The van der Waals surface area contributed by atoms with Crippen molar-refractivity contribution in [3.05, 3.63) is 35.5 Å². The Morgan fingerprint density at radius 3 is 2.55 bits per heavy atom. The zero-order valence-electron chi connectivity index (χ0n) is 19.2. The van der Waals surface area contributed by atoms with Crippen LogP contribution >= 0.6 is 0 Å². The van der Waals surface area contributed by atoms with E-state index in [-0.39, 0.29) is 30.1 Å². The Morgan fingerprint density at radius 1 is 1.16 bits per heavy atom. The average molecular weight is 426 g/mol. The second kappa shape index (κ2) is 8.93. The lowest BCUT2D eigenvalue weighted by atomic mass is 9.84. The van der Waals surface area contributed by atoms with E-state index in [1.54, 1.807) is 14.1 Å². The molecular weight excluding hydrogens is 390 g/mol. The maximum atomic E-state index is 13.6. The molecule has 168 valence electrons. The number of para-hydroxylation sites is 1. The molecule has 1 aliphatic heterocycles. The first-order chi connectivity index (χ1) is 14.8. The Bertz CT molecular complexity index is 941. The predicted molar refractivity (Wildman–Crippen MR) is 122 cm³/mol. The number of aromatic nitrogens is 1. The van der Waals surface area contributed by atoms with Crippen LogP contribution in [0, 0.1) is 11.8 Å². The largest absolute Gasteiger partial charge is 0.446 e. The molecule has 2 amide bonds. The number of rotatable bonds is 4. The third kappa shape index (κ3) is 4.43. The molecule has 0 radical (unpaired) electrons. The lowest BCUT2D eigenvalue weighted by Gasteiger charge is -2.40. The van der Waals surface area contributed by atoms with Gasteiger partial charge in [0.25, 0.3) is 0 Å². The van der Waals surface area contributed by atoms with Gasteiger partial charge in [0.05, 0.1) is 6.04 Å². The van der Waals surface area contributed by atoms with Crippen molar-refractivity contribution < 1.29 is 14.3 Å². The molecule has 0 saturated heterocycles. The standard InChI is InChI=1S/C25H35N3O3/c1-16(2)15-22-23-20(19-7-5-6-8-21(19)26-23)13-14-28(22)24(29)17-9-11-18(12-10-17)31-25(30)27(3)4/h5-8,16-18,22,26H,9-15H2,1-4H3.